The third kappa shape index (κ3) is 3.67. The van der Waals surface area contributed by atoms with Gasteiger partial charge in [-0.15, -0.1) is 0 Å². The highest BCUT2D eigenvalue weighted by Gasteiger charge is 2.17. The van der Waals surface area contributed by atoms with Crippen LogP contribution in [0.1, 0.15) is 0 Å². The Bertz CT molecular complexity index is 1110. The van der Waals surface area contributed by atoms with Crippen LogP contribution in [0.5, 0.6) is 11.5 Å². The van der Waals surface area contributed by atoms with Crippen molar-refractivity contribution in [3.8, 4) is 34.0 Å². The van der Waals surface area contributed by atoms with Crippen molar-refractivity contribution in [1.29, 1.82) is 0 Å². The number of aromatic nitrogens is 2. The molecule has 4 aromatic rings. The van der Waals surface area contributed by atoms with E-state index in [1.807, 2.05) is 48.5 Å². The highest BCUT2D eigenvalue weighted by atomic mass is 35.5. The molecular formula is C21H13Cl3N2O. The van der Waals surface area contributed by atoms with Crippen molar-refractivity contribution >= 4 is 34.8 Å². The van der Waals surface area contributed by atoms with Crippen LogP contribution in [0.2, 0.25) is 15.1 Å². The Morgan fingerprint density at radius 1 is 0.741 bits per heavy atom. The summed E-state index contributed by atoms with van der Waals surface area (Å²) in [7, 11) is 0. The molecule has 0 saturated heterocycles. The van der Waals surface area contributed by atoms with Gasteiger partial charge in [0.15, 0.2) is 0 Å². The van der Waals surface area contributed by atoms with Crippen molar-refractivity contribution in [1.82, 2.24) is 9.97 Å². The second-order valence-electron chi connectivity index (χ2n) is 5.78. The molecule has 0 bridgehead atoms. The van der Waals surface area contributed by atoms with Crippen LogP contribution in [-0.4, -0.2) is 9.97 Å². The van der Waals surface area contributed by atoms with E-state index in [1.54, 1.807) is 24.5 Å². The molecule has 27 heavy (non-hydrogen) atoms. The minimum atomic E-state index is 0.475. The Hall–Kier alpha value is -2.46. The van der Waals surface area contributed by atoms with Gasteiger partial charge in [0.1, 0.15) is 11.5 Å². The van der Waals surface area contributed by atoms with E-state index in [0.29, 0.717) is 26.6 Å². The molecule has 1 aromatic heterocycles. The highest BCUT2D eigenvalue weighted by Crippen LogP contribution is 2.40. The van der Waals surface area contributed by atoms with Crippen LogP contribution in [0.15, 0.2) is 73.1 Å². The molecule has 0 spiro atoms. The first kappa shape index (κ1) is 17.9. The largest absolute Gasteiger partial charge is 0.455 e. The summed E-state index contributed by atoms with van der Waals surface area (Å²) in [4.78, 5) is 7.67. The molecule has 0 unspecified atom stereocenters. The van der Waals surface area contributed by atoms with E-state index in [9.17, 15) is 0 Å². The smallest absolute Gasteiger partial charge is 0.147 e. The summed E-state index contributed by atoms with van der Waals surface area (Å²) in [6.07, 6.45) is 1.64. The maximum atomic E-state index is 6.37. The number of hydrogen-bond acceptors (Lipinski definition) is 2. The lowest BCUT2D eigenvalue weighted by Gasteiger charge is -2.13. The van der Waals surface area contributed by atoms with Crippen LogP contribution in [0.25, 0.3) is 22.5 Å². The summed E-state index contributed by atoms with van der Waals surface area (Å²) < 4.78 is 6.06. The van der Waals surface area contributed by atoms with Crippen LogP contribution in [0.3, 0.4) is 0 Å². The van der Waals surface area contributed by atoms with Crippen molar-refractivity contribution in [2.45, 2.75) is 0 Å². The number of imidazole rings is 1. The Kier molecular flexibility index (Phi) is 5.08. The summed E-state index contributed by atoms with van der Waals surface area (Å²) in [6, 6.07) is 20.3. The van der Waals surface area contributed by atoms with Crippen LogP contribution >= 0.6 is 34.8 Å². The van der Waals surface area contributed by atoms with Crippen molar-refractivity contribution in [3.63, 3.8) is 0 Å². The normalized spacial score (nSPS) is 10.8. The highest BCUT2D eigenvalue weighted by molar-refractivity contribution is 6.34. The molecule has 6 heteroatoms. The van der Waals surface area contributed by atoms with Crippen LogP contribution < -0.4 is 4.74 Å². The molecule has 4 rings (SSSR count). The first-order valence-corrected chi connectivity index (χ1v) is 9.27. The van der Waals surface area contributed by atoms with E-state index in [4.69, 9.17) is 39.5 Å². The number of ether oxygens (including phenoxy) is 1. The lowest BCUT2D eigenvalue weighted by molar-refractivity contribution is 0.484. The molecule has 0 atom stereocenters. The number of rotatable bonds is 4. The van der Waals surface area contributed by atoms with Crippen LogP contribution in [0, 0.1) is 0 Å². The molecule has 0 amide bonds. The zero-order valence-electron chi connectivity index (χ0n) is 13.9. The minimum absolute atomic E-state index is 0.475. The predicted molar refractivity (Wildman–Crippen MR) is 111 cm³/mol. The fourth-order valence-corrected chi connectivity index (χ4v) is 3.34. The van der Waals surface area contributed by atoms with Gasteiger partial charge < -0.3 is 9.72 Å². The first-order valence-electron chi connectivity index (χ1n) is 8.14. The molecule has 0 aliphatic rings. The molecule has 134 valence electrons. The molecule has 0 aliphatic carbocycles. The fraction of sp³-hybridized carbons (Fsp3) is 0. The standard InChI is InChI=1S/C21H13Cl3N2O/c22-13-9-10-17(24)19(11-13)27-18-8-4-2-6-15(18)21-20(25-12-26-21)14-5-1-3-7-16(14)23/h1-12H,(H,25,26). The van der Waals surface area contributed by atoms with Gasteiger partial charge in [-0.25, -0.2) is 4.98 Å². The van der Waals surface area contributed by atoms with Gasteiger partial charge in [0.05, 0.1) is 22.7 Å². The topological polar surface area (TPSA) is 37.9 Å². The predicted octanol–water partition coefficient (Wildman–Crippen LogP) is 7.50. The van der Waals surface area contributed by atoms with E-state index in [-0.39, 0.29) is 0 Å². The second-order valence-corrected chi connectivity index (χ2v) is 7.03. The molecule has 0 aliphatic heterocycles. The third-order valence-electron chi connectivity index (χ3n) is 4.04. The Balaban J connectivity index is 1.80. The van der Waals surface area contributed by atoms with Gasteiger partial charge in [0, 0.05) is 27.2 Å². The molecule has 1 heterocycles. The van der Waals surface area contributed by atoms with E-state index in [2.05, 4.69) is 9.97 Å². The maximum Gasteiger partial charge on any atom is 0.147 e. The number of nitrogens with one attached hydrogen (secondary N) is 1. The van der Waals surface area contributed by atoms with Gasteiger partial charge in [-0.2, -0.15) is 0 Å². The SMILES string of the molecule is Clc1ccc(Cl)c(Oc2ccccc2-c2nc[nH]c2-c2ccccc2Cl)c1. The zero-order chi connectivity index (χ0) is 18.8. The summed E-state index contributed by atoms with van der Waals surface area (Å²) >= 11 is 18.7. The first-order chi connectivity index (χ1) is 13.1. The summed E-state index contributed by atoms with van der Waals surface area (Å²) in [6.45, 7) is 0. The number of halogens is 3. The van der Waals surface area contributed by atoms with Crippen molar-refractivity contribution in [3.05, 3.63) is 88.1 Å². The van der Waals surface area contributed by atoms with E-state index < -0.39 is 0 Å². The molecule has 0 radical (unpaired) electrons. The lowest BCUT2D eigenvalue weighted by atomic mass is 10.0. The quantitative estimate of drug-likeness (QED) is 0.375. The van der Waals surface area contributed by atoms with Gasteiger partial charge in [0.25, 0.3) is 0 Å². The van der Waals surface area contributed by atoms with E-state index in [1.165, 1.54) is 0 Å². The Morgan fingerprint density at radius 2 is 1.48 bits per heavy atom. The number of benzene rings is 3. The van der Waals surface area contributed by atoms with Crippen LogP contribution in [0.4, 0.5) is 0 Å². The lowest BCUT2D eigenvalue weighted by Crippen LogP contribution is -1.91. The average Bonchev–Trinajstić information content (AvgIpc) is 3.15. The minimum Gasteiger partial charge on any atom is -0.455 e. The second kappa shape index (κ2) is 7.65. The number of aromatic amines is 1. The van der Waals surface area contributed by atoms with Gasteiger partial charge in [-0.3, -0.25) is 0 Å². The number of hydrogen-bond donors (Lipinski definition) is 1. The molecule has 3 aromatic carbocycles. The van der Waals surface area contributed by atoms with Crippen molar-refractivity contribution in [2.75, 3.05) is 0 Å². The Labute approximate surface area is 171 Å². The number of para-hydroxylation sites is 1. The van der Waals surface area contributed by atoms with Gasteiger partial charge in [-0.05, 0) is 30.3 Å². The molecule has 1 N–H and O–H groups in total. The molecule has 0 fully saturated rings. The van der Waals surface area contributed by atoms with Crippen molar-refractivity contribution < 1.29 is 4.74 Å². The van der Waals surface area contributed by atoms with Gasteiger partial charge in [0.2, 0.25) is 0 Å². The summed E-state index contributed by atoms with van der Waals surface area (Å²) in [5.41, 5.74) is 3.22. The van der Waals surface area contributed by atoms with Gasteiger partial charge >= 0.3 is 0 Å². The number of H-pyrrole nitrogens is 1. The number of nitrogens with zero attached hydrogens (tertiary/aromatic N) is 1. The maximum absolute atomic E-state index is 6.37. The monoisotopic (exact) mass is 414 g/mol. The summed E-state index contributed by atoms with van der Waals surface area (Å²) in [5, 5.41) is 1.66. The third-order valence-corrected chi connectivity index (χ3v) is 4.91. The van der Waals surface area contributed by atoms with Crippen molar-refractivity contribution in [2.24, 2.45) is 0 Å². The molecule has 0 saturated carbocycles. The van der Waals surface area contributed by atoms with Gasteiger partial charge in [-0.1, -0.05) is 65.1 Å². The van der Waals surface area contributed by atoms with E-state index >= 15 is 0 Å². The van der Waals surface area contributed by atoms with E-state index in [0.717, 1.165) is 22.5 Å². The zero-order valence-corrected chi connectivity index (χ0v) is 16.2. The molecule has 3 nitrogen and oxygen atoms in total. The fourth-order valence-electron chi connectivity index (χ4n) is 2.79. The summed E-state index contributed by atoms with van der Waals surface area (Å²) in [5.74, 6) is 1.09. The average molecular weight is 416 g/mol. The van der Waals surface area contributed by atoms with Crippen LogP contribution in [-0.2, 0) is 0 Å². The Morgan fingerprint density at radius 3 is 2.30 bits per heavy atom. The molecular weight excluding hydrogens is 403 g/mol.